The van der Waals surface area contributed by atoms with Gasteiger partial charge in [0.1, 0.15) is 0 Å². The summed E-state index contributed by atoms with van der Waals surface area (Å²) in [6.07, 6.45) is 0.299. The number of carbonyl (C=O) groups excluding carboxylic acids is 1. The first kappa shape index (κ1) is 15.8. The summed E-state index contributed by atoms with van der Waals surface area (Å²) in [5, 5.41) is 17.9. The lowest BCUT2D eigenvalue weighted by atomic mass is 10.1. The Kier molecular flexibility index (Phi) is 5.81. The largest absolute Gasteiger partial charge is 0.492 e. The summed E-state index contributed by atoms with van der Waals surface area (Å²) in [7, 11) is 1.49. The van der Waals surface area contributed by atoms with E-state index >= 15 is 0 Å². The van der Waals surface area contributed by atoms with Crippen LogP contribution in [0.25, 0.3) is 0 Å². The van der Waals surface area contributed by atoms with Gasteiger partial charge in [-0.3, -0.25) is 4.79 Å². The van der Waals surface area contributed by atoms with Crippen LogP contribution in [0.3, 0.4) is 0 Å². The summed E-state index contributed by atoms with van der Waals surface area (Å²) in [6, 6.07) is 5.29. The molecule has 0 aliphatic heterocycles. The normalized spacial score (nSPS) is 9.90. The molecule has 3 N–H and O–H groups in total. The maximum Gasteiger partial charge on any atom is 0.165 e. The van der Waals surface area contributed by atoms with Gasteiger partial charge < -0.3 is 20.5 Å². The lowest BCUT2D eigenvalue weighted by Gasteiger charge is -2.26. The standard InChI is InChI=1S/C14H19N3O3/c1-10(19)11-8-12(16)14(20-2)13(9-11)17(6-7-18)5-3-4-15/h8-9,18H,3,5-7,16H2,1-2H3. The number of nitrogens with zero attached hydrogens (tertiary/aromatic N) is 2. The highest BCUT2D eigenvalue weighted by molar-refractivity contribution is 5.97. The van der Waals surface area contributed by atoms with Crippen LogP contribution in [0.2, 0.25) is 0 Å². The number of methoxy groups -OCH3 is 1. The van der Waals surface area contributed by atoms with E-state index in [-0.39, 0.29) is 12.4 Å². The van der Waals surface area contributed by atoms with Crippen molar-refractivity contribution in [1.29, 1.82) is 5.26 Å². The molecule has 0 saturated carbocycles. The molecule has 0 unspecified atom stereocenters. The predicted octanol–water partition coefficient (Wildman–Crippen LogP) is 1.19. The third kappa shape index (κ3) is 3.62. The van der Waals surface area contributed by atoms with Gasteiger partial charge >= 0.3 is 0 Å². The molecule has 0 amide bonds. The number of nitrogens with two attached hydrogens (primary N) is 1. The number of carbonyl (C=O) groups is 1. The third-order valence-corrected chi connectivity index (χ3v) is 2.91. The molecular weight excluding hydrogens is 258 g/mol. The van der Waals surface area contributed by atoms with E-state index < -0.39 is 0 Å². The van der Waals surface area contributed by atoms with Crippen LogP contribution in [0.15, 0.2) is 12.1 Å². The number of anilines is 2. The molecule has 1 aromatic carbocycles. The molecule has 0 radical (unpaired) electrons. The van der Waals surface area contributed by atoms with Crippen LogP contribution in [0.5, 0.6) is 5.75 Å². The second-order valence-electron chi connectivity index (χ2n) is 4.29. The molecule has 20 heavy (non-hydrogen) atoms. The van der Waals surface area contributed by atoms with E-state index in [1.807, 2.05) is 0 Å². The molecule has 0 fully saturated rings. The Morgan fingerprint density at radius 2 is 2.20 bits per heavy atom. The van der Waals surface area contributed by atoms with Gasteiger partial charge in [-0.05, 0) is 19.1 Å². The van der Waals surface area contributed by atoms with Crippen molar-refractivity contribution in [2.24, 2.45) is 0 Å². The van der Waals surface area contributed by atoms with Gasteiger partial charge in [0.15, 0.2) is 11.5 Å². The van der Waals surface area contributed by atoms with Gasteiger partial charge in [-0.1, -0.05) is 0 Å². The third-order valence-electron chi connectivity index (χ3n) is 2.91. The first-order chi connectivity index (χ1) is 9.54. The molecule has 0 aromatic heterocycles. The van der Waals surface area contributed by atoms with Crippen molar-refractivity contribution >= 4 is 17.2 Å². The summed E-state index contributed by atoms with van der Waals surface area (Å²) in [4.78, 5) is 13.3. The van der Waals surface area contributed by atoms with Crippen LogP contribution in [0.1, 0.15) is 23.7 Å². The number of nitrogen functional groups attached to an aromatic ring is 1. The summed E-state index contributed by atoms with van der Waals surface area (Å²) >= 11 is 0. The quantitative estimate of drug-likeness (QED) is 0.573. The summed E-state index contributed by atoms with van der Waals surface area (Å²) in [5.74, 6) is 0.339. The SMILES string of the molecule is COc1c(N)cc(C(C)=O)cc1N(CCO)CCC#N. The van der Waals surface area contributed by atoms with Crippen molar-refractivity contribution in [3.63, 3.8) is 0 Å². The zero-order valence-corrected chi connectivity index (χ0v) is 11.7. The van der Waals surface area contributed by atoms with Crippen LogP contribution in [0.4, 0.5) is 11.4 Å². The highest BCUT2D eigenvalue weighted by atomic mass is 16.5. The number of hydrogen-bond acceptors (Lipinski definition) is 6. The molecule has 0 aliphatic carbocycles. The number of ketones is 1. The van der Waals surface area contributed by atoms with Crippen LogP contribution < -0.4 is 15.4 Å². The topological polar surface area (TPSA) is 99.6 Å². The Labute approximate surface area is 118 Å². The van der Waals surface area contributed by atoms with Gasteiger partial charge in [0.05, 0.1) is 37.6 Å². The minimum Gasteiger partial charge on any atom is -0.492 e. The maximum absolute atomic E-state index is 11.5. The van der Waals surface area contributed by atoms with Crippen LogP contribution in [-0.4, -0.2) is 37.7 Å². The highest BCUT2D eigenvalue weighted by Gasteiger charge is 2.17. The predicted molar refractivity (Wildman–Crippen MR) is 76.9 cm³/mol. The molecule has 1 rings (SSSR count). The number of aliphatic hydroxyl groups excluding tert-OH is 1. The first-order valence-corrected chi connectivity index (χ1v) is 6.26. The van der Waals surface area contributed by atoms with E-state index in [4.69, 9.17) is 20.8 Å². The fraction of sp³-hybridized carbons (Fsp3) is 0.429. The maximum atomic E-state index is 11.5. The monoisotopic (exact) mass is 277 g/mol. The van der Waals surface area contributed by atoms with E-state index in [2.05, 4.69) is 6.07 Å². The molecule has 1 aromatic rings. The Balaban J connectivity index is 3.29. The Bertz CT molecular complexity index is 523. The van der Waals surface area contributed by atoms with Gasteiger partial charge in [0, 0.05) is 18.7 Å². The van der Waals surface area contributed by atoms with Crippen molar-refractivity contribution in [3.8, 4) is 11.8 Å². The summed E-state index contributed by atoms with van der Waals surface area (Å²) in [5.41, 5.74) is 7.34. The molecule has 6 heteroatoms. The average Bonchev–Trinajstić information content (AvgIpc) is 2.42. The molecule has 0 spiro atoms. The van der Waals surface area contributed by atoms with E-state index in [0.29, 0.717) is 42.2 Å². The van der Waals surface area contributed by atoms with Gasteiger partial charge in [-0.2, -0.15) is 5.26 Å². The minimum atomic E-state index is -0.107. The lowest BCUT2D eigenvalue weighted by Crippen LogP contribution is -2.28. The number of aliphatic hydroxyl groups is 1. The van der Waals surface area contributed by atoms with E-state index in [1.54, 1.807) is 17.0 Å². The highest BCUT2D eigenvalue weighted by Crippen LogP contribution is 2.35. The average molecular weight is 277 g/mol. The summed E-state index contributed by atoms with van der Waals surface area (Å²) in [6.45, 7) is 2.14. The fourth-order valence-corrected chi connectivity index (χ4v) is 1.95. The van der Waals surface area contributed by atoms with Crippen LogP contribution in [0, 0.1) is 11.3 Å². The van der Waals surface area contributed by atoms with Crippen molar-refractivity contribution < 1.29 is 14.6 Å². The fourth-order valence-electron chi connectivity index (χ4n) is 1.95. The molecule has 0 heterocycles. The van der Waals surface area contributed by atoms with Crippen molar-refractivity contribution in [3.05, 3.63) is 17.7 Å². The first-order valence-electron chi connectivity index (χ1n) is 6.26. The van der Waals surface area contributed by atoms with Gasteiger partial charge in [0.25, 0.3) is 0 Å². The molecule has 0 bridgehead atoms. The number of Topliss-reactive ketones (excluding diaryl/α,β-unsaturated/α-hetero) is 1. The molecular formula is C14H19N3O3. The van der Waals surface area contributed by atoms with Crippen LogP contribution >= 0.6 is 0 Å². The van der Waals surface area contributed by atoms with Gasteiger partial charge in [-0.25, -0.2) is 0 Å². The minimum absolute atomic E-state index is 0.0706. The zero-order chi connectivity index (χ0) is 15.1. The molecule has 108 valence electrons. The number of benzene rings is 1. The Morgan fingerprint density at radius 3 is 2.70 bits per heavy atom. The number of ether oxygens (including phenoxy) is 1. The number of hydrogen-bond donors (Lipinski definition) is 2. The van der Waals surface area contributed by atoms with Crippen molar-refractivity contribution in [2.45, 2.75) is 13.3 Å². The second-order valence-corrected chi connectivity index (χ2v) is 4.29. The van der Waals surface area contributed by atoms with Crippen molar-refractivity contribution in [2.75, 3.05) is 37.4 Å². The van der Waals surface area contributed by atoms with Crippen molar-refractivity contribution in [1.82, 2.24) is 0 Å². The zero-order valence-electron chi connectivity index (χ0n) is 11.7. The Morgan fingerprint density at radius 1 is 1.50 bits per heavy atom. The van der Waals surface area contributed by atoms with Gasteiger partial charge in [-0.15, -0.1) is 0 Å². The summed E-state index contributed by atoms with van der Waals surface area (Å²) < 4.78 is 5.28. The lowest BCUT2D eigenvalue weighted by molar-refractivity contribution is 0.101. The van der Waals surface area contributed by atoms with E-state index in [9.17, 15) is 4.79 Å². The van der Waals surface area contributed by atoms with E-state index in [1.165, 1.54) is 14.0 Å². The number of rotatable bonds is 7. The van der Waals surface area contributed by atoms with Crippen LogP contribution in [-0.2, 0) is 0 Å². The number of nitriles is 1. The van der Waals surface area contributed by atoms with E-state index in [0.717, 1.165) is 0 Å². The molecule has 0 saturated heterocycles. The smallest absolute Gasteiger partial charge is 0.165 e. The van der Waals surface area contributed by atoms with Gasteiger partial charge in [0.2, 0.25) is 0 Å². The molecule has 0 aliphatic rings. The molecule has 6 nitrogen and oxygen atoms in total. The Hall–Kier alpha value is -2.26. The second kappa shape index (κ2) is 7.36. The molecule has 0 atom stereocenters.